The van der Waals surface area contributed by atoms with E-state index in [9.17, 15) is 4.79 Å². The zero-order valence-corrected chi connectivity index (χ0v) is 11.7. The van der Waals surface area contributed by atoms with Gasteiger partial charge >= 0.3 is 0 Å². The van der Waals surface area contributed by atoms with E-state index < -0.39 is 0 Å². The summed E-state index contributed by atoms with van der Waals surface area (Å²) in [5, 5.41) is 2.97. The van der Waals surface area contributed by atoms with Gasteiger partial charge in [0.2, 0.25) is 5.91 Å². The van der Waals surface area contributed by atoms with Gasteiger partial charge in [-0.25, -0.2) is 0 Å². The lowest BCUT2D eigenvalue weighted by Crippen LogP contribution is -2.17. The van der Waals surface area contributed by atoms with Crippen molar-refractivity contribution in [2.75, 3.05) is 12.4 Å². The van der Waals surface area contributed by atoms with Crippen LogP contribution < -0.4 is 10.1 Å². The Morgan fingerprint density at radius 1 is 1.22 bits per heavy atom. The lowest BCUT2D eigenvalue weighted by Gasteiger charge is -2.07. The van der Waals surface area contributed by atoms with Crippen LogP contribution in [0.25, 0.3) is 0 Å². The van der Waals surface area contributed by atoms with Gasteiger partial charge in [-0.3, -0.25) is 4.79 Å². The first-order valence-corrected chi connectivity index (χ1v) is 6.25. The van der Waals surface area contributed by atoms with Gasteiger partial charge in [-0.15, -0.1) is 0 Å². The van der Waals surface area contributed by atoms with Crippen LogP contribution in [0.5, 0.6) is 5.75 Å². The minimum absolute atomic E-state index is 0.0654. The number of methoxy groups -OCH3 is 1. The van der Waals surface area contributed by atoms with Crippen LogP contribution in [-0.2, 0) is 4.79 Å². The molecule has 3 heteroatoms. The third-order valence-electron chi connectivity index (χ3n) is 4.62. The molecule has 2 rings (SSSR count). The molecule has 1 aromatic rings. The van der Waals surface area contributed by atoms with Crippen LogP contribution in [-0.4, -0.2) is 13.0 Å². The fraction of sp³-hybridized carbons (Fsp3) is 0.533. The second kappa shape index (κ2) is 4.01. The average molecular weight is 247 g/mol. The Kier molecular flexibility index (Phi) is 2.88. The first-order chi connectivity index (χ1) is 8.30. The normalized spacial score (nSPS) is 20.3. The molecular formula is C15H21NO2. The number of rotatable bonds is 3. The molecule has 0 radical (unpaired) electrons. The topological polar surface area (TPSA) is 38.3 Å². The summed E-state index contributed by atoms with van der Waals surface area (Å²) in [6.07, 6.45) is 0. The number of ether oxygens (including phenoxy) is 1. The van der Waals surface area contributed by atoms with Crippen molar-refractivity contribution >= 4 is 11.6 Å². The summed E-state index contributed by atoms with van der Waals surface area (Å²) in [7, 11) is 1.62. The molecule has 1 aliphatic rings. The Bertz CT molecular complexity index is 463. The van der Waals surface area contributed by atoms with Gasteiger partial charge < -0.3 is 10.1 Å². The van der Waals surface area contributed by atoms with Gasteiger partial charge in [0.15, 0.2) is 0 Å². The van der Waals surface area contributed by atoms with Crippen molar-refractivity contribution in [1.82, 2.24) is 0 Å². The molecule has 0 atom stereocenters. The Morgan fingerprint density at radius 3 is 2.33 bits per heavy atom. The van der Waals surface area contributed by atoms with E-state index in [1.165, 1.54) is 0 Å². The van der Waals surface area contributed by atoms with Crippen LogP contribution in [0.3, 0.4) is 0 Å². The van der Waals surface area contributed by atoms with Crippen LogP contribution in [0.1, 0.15) is 27.7 Å². The van der Waals surface area contributed by atoms with E-state index in [0.29, 0.717) is 0 Å². The lowest BCUT2D eigenvalue weighted by atomic mass is 10.0. The highest BCUT2D eigenvalue weighted by Crippen LogP contribution is 2.68. The molecule has 0 saturated heterocycles. The second-order valence-corrected chi connectivity index (χ2v) is 6.10. The molecule has 0 unspecified atom stereocenters. The summed E-state index contributed by atoms with van der Waals surface area (Å²) in [4.78, 5) is 12.3. The van der Waals surface area contributed by atoms with E-state index in [-0.39, 0.29) is 22.7 Å². The molecule has 0 spiro atoms. The third-order valence-corrected chi connectivity index (χ3v) is 4.62. The smallest absolute Gasteiger partial charge is 0.228 e. The maximum Gasteiger partial charge on any atom is 0.228 e. The van der Waals surface area contributed by atoms with Gasteiger partial charge in [0.05, 0.1) is 7.11 Å². The van der Waals surface area contributed by atoms with E-state index in [1.54, 1.807) is 7.11 Å². The van der Waals surface area contributed by atoms with Crippen molar-refractivity contribution in [1.29, 1.82) is 0 Å². The van der Waals surface area contributed by atoms with Crippen LogP contribution in [0.2, 0.25) is 0 Å². The standard InChI is InChI=1S/C15H21NO2/c1-14(2)12(15(14,3)4)13(17)16-10-7-6-8-11(9-10)18-5/h6-9,12H,1-5H3,(H,16,17). The quantitative estimate of drug-likeness (QED) is 0.889. The van der Waals surface area contributed by atoms with Crippen molar-refractivity contribution in [2.24, 2.45) is 16.7 Å². The molecule has 98 valence electrons. The molecule has 0 aromatic heterocycles. The van der Waals surface area contributed by atoms with Crippen molar-refractivity contribution in [3.8, 4) is 5.75 Å². The van der Waals surface area contributed by atoms with Gasteiger partial charge in [0.25, 0.3) is 0 Å². The molecule has 1 fully saturated rings. The first kappa shape index (κ1) is 12.9. The zero-order chi connectivity index (χ0) is 13.6. The first-order valence-electron chi connectivity index (χ1n) is 6.25. The number of carbonyl (C=O) groups is 1. The predicted octanol–water partition coefficient (Wildman–Crippen LogP) is 3.32. The van der Waals surface area contributed by atoms with Gasteiger partial charge in [-0.05, 0) is 23.0 Å². The Hall–Kier alpha value is -1.51. The summed E-state index contributed by atoms with van der Waals surface area (Å²) in [6, 6.07) is 7.45. The number of benzene rings is 1. The molecule has 18 heavy (non-hydrogen) atoms. The molecule has 0 bridgehead atoms. The minimum Gasteiger partial charge on any atom is -0.497 e. The van der Waals surface area contributed by atoms with Gasteiger partial charge in [0, 0.05) is 17.7 Å². The maximum atomic E-state index is 12.3. The summed E-state index contributed by atoms with van der Waals surface area (Å²) in [5.74, 6) is 0.913. The van der Waals surface area contributed by atoms with Gasteiger partial charge in [-0.2, -0.15) is 0 Å². The second-order valence-electron chi connectivity index (χ2n) is 6.10. The SMILES string of the molecule is COc1cccc(NC(=O)C2C(C)(C)C2(C)C)c1. The number of anilines is 1. The van der Waals surface area contributed by atoms with E-state index in [0.717, 1.165) is 11.4 Å². The highest BCUT2D eigenvalue weighted by Gasteiger charge is 2.68. The highest BCUT2D eigenvalue weighted by atomic mass is 16.5. The van der Waals surface area contributed by atoms with E-state index in [1.807, 2.05) is 24.3 Å². The lowest BCUT2D eigenvalue weighted by molar-refractivity contribution is -0.118. The number of nitrogens with one attached hydrogen (secondary N) is 1. The molecule has 1 aliphatic carbocycles. The molecule has 1 aromatic carbocycles. The average Bonchev–Trinajstić information content (AvgIpc) is 2.69. The largest absolute Gasteiger partial charge is 0.497 e. The Morgan fingerprint density at radius 2 is 1.83 bits per heavy atom. The fourth-order valence-electron chi connectivity index (χ4n) is 2.77. The maximum absolute atomic E-state index is 12.3. The molecule has 3 nitrogen and oxygen atoms in total. The fourth-order valence-corrected chi connectivity index (χ4v) is 2.77. The molecule has 0 heterocycles. The summed E-state index contributed by atoms with van der Waals surface area (Å²) >= 11 is 0. The molecule has 0 aliphatic heterocycles. The van der Waals surface area contributed by atoms with Crippen molar-refractivity contribution in [2.45, 2.75) is 27.7 Å². The Balaban J connectivity index is 2.09. The van der Waals surface area contributed by atoms with Gasteiger partial charge in [-0.1, -0.05) is 33.8 Å². The van der Waals surface area contributed by atoms with Crippen LogP contribution in [0.15, 0.2) is 24.3 Å². The number of carbonyl (C=O) groups excluding carboxylic acids is 1. The van der Waals surface area contributed by atoms with Crippen molar-refractivity contribution in [3.05, 3.63) is 24.3 Å². The number of hydrogen-bond acceptors (Lipinski definition) is 2. The van der Waals surface area contributed by atoms with E-state index in [2.05, 4.69) is 33.0 Å². The monoisotopic (exact) mass is 247 g/mol. The summed E-state index contributed by atoms with van der Waals surface area (Å²) in [5.41, 5.74) is 0.921. The number of amides is 1. The number of hydrogen-bond donors (Lipinski definition) is 1. The molecule has 1 saturated carbocycles. The highest BCUT2D eigenvalue weighted by molar-refractivity contribution is 5.96. The summed E-state index contributed by atoms with van der Waals surface area (Å²) in [6.45, 7) is 8.57. The molecular weight excluding hydrogens is 226 g/mol. The van der Waals surface area contributed by atoms with E-state index >= 15 is 0 Å². The Labute approximate surface area is 109 Å². The third kappa shape index (κ3) is 1.88. The van der Waals surface area contributed by atoms with E-state index in [4.69, 9.17) is 4.74 Å². The molecule has 1 N–H and O–H groups in total. The predicted molar refractivity (Wildman–Crippen MR) is 72.7 cm³/mol. The van der Waals surface area contributed by atoms with Crippen LogP contribution in [0.4, 0.5) is 5.69 Å². The van der Waals surface area contributed by atoms with Gasteiger partial charge in [0.1, 0.15) is 5.75 Å². The minimum atomic E-state index is 0.0654. The van der Waals surface area contributed by atoms with Crippen molar-refractivity contribution < 1.29 is 9.53 Å². The summed E-state index contributed by atoms with van der Waals surface area (Å²) < 4.78 is 5.14. The zero-order valence-electron chi connectivity index (χ0n) is 11.7. The molecule has 1 amide bonds. The van der Waals surface area contributed by atoms with Crippen molar-refractivity contribution in [3.63, 3.8) is 0 Å². The van der Waals surface area contributed by atoms with Crippen LogP contribution >= 0.6 is 0 Å². The van der Waals surface area contributed by atoms with Crippen LogP contribution in [0, 0.1) is 16.7 Å².